The predicted molar refractivity (Wildman–Crippen MR) is 441 cm³/mol. The van der Waals surface area contributed by atoms with Crippen molar-refractivity contribution in [1.82, 2.24) is 0 Å². The Labute approximate surface area is 658 Å². The molecule has 0 aliphatic heterocycles. The number of esters is 4. The Kier molecular flexibility index (Phi) is 76.6. The van der Waals surface area contributed by atoms with Gasteiger partial charge < -0.3 is 33.8 Å². The van der Waals surface area contributed by atoms with Gasteiger partial charge in [0.2, 0.25) is 0 Å². The maximum absolute atomic E-state index is 13.1. The van der Waals surface area contributed by atoms with Crippen LogP contribution in [0.25, 0.3) is 0 Å². The number of hydrogen-bond acceptors (Lipinski definition) is 15. The lowest BCUT2D eigenvalue weighted by atomic mass is 9.99. The molecule has 107 heavy (non-hydrogen) atoms. The minimum Gasteiger partial charge on any atom is -0.462 e. The molecule has 0 bridgehead atoms. The van der Waals surface area contributed by atoms with E-state index in [2.05, 4.69) is 48.5 Å². The van der Waals surface area contributed by atoms with Crippen molar-refractivity contribution in [3.8, 4) is 0 Å². The number of unbranched alkanes of at least 4 members (excludes halogenated alkanes) is 53. The van der Waals surface area contributed by atoms with Crippen LogP contribution in [0, 0.1) is 17.8 Å². The lowest BCUT2D eigenvalue weighted by molar-refractivity contribution is -0.161. The molecule has 0 amide bonds. The molecule has 0 saturated carbocycles. The highest BCUT2D eigenvalue weighted by Gasteiger charge is 2.31. The van der Waals surface area contributed by atoms with E-state index in [0.29, 0.717) is 25.7 Å². The van der Waals surface area contributed by atoms with Crippen LogP contribution in [0.4, 0.5) is 0 Å². The zero-order valence-corrected chi connectivity index (χ0v) is 72.4. The minimum absolute atomic E-state index is 0.108. The molecule has 636 valence electrons. The summed E-state index contributed by atoms with van der Waals surface area (Å²) in [6.07, 6.45) is 69.6. The summed E-state index contributed by atoms with van der Waals surface area (Å²) in [6, 6.07) is 0. The van der Waals surface area contributed by atoms with Crippen LogP contribution in [0.2, 0.25) is 0 Å². The van der Waals surface area contributed by atoms with Crippen LogP contribution in [-0.2, 0) is 65.4 Å². The van der Waals surface area contributed by atoms with Gasteiger partial charge in [-0.25, -0.2) is 9.13 Å². The first-order chi connectivity index (χ1) is 51.8. The van der Waals surface area contributed by atoms with Crippen molar-refractivity contribution in [2.75, 3.05) is 39.6 Å². The number of aliphatic hydroxyl groups is 1. The molecule has 0 aliphatic carbocycles. The van der Waals surface area contributed by atoms with Crippen LogP contribution in [0.3, 0.4) is 0 Å². The number of rotatable bonds is 86. The van der Waals surface area contributed by atoms with Crippen LogP contribution in [-0.4, -0.2) is 96.7 Å². The molecule has 0 heterocycles. The fourth-order valence-corrected chi connectivity index (χ4v) is 15.3. The molecule has 0 saturated heterocycles. The Morgan fingerprint density at radius 3 is 0.710 bits per heavy atom. The zero-order chi connectivity index (χ0) is 78.6. The SMILES string of the molecule is CCCCCCCCCC(=O)OC[C@H](COP(=O)(O)OC[C@H](O)COP(=O)(O)OC[C@@H](COC(=O)CCCCCCCCCCCCCCCCCCC(C)C)OC(=O)CCCCCCCCCCCCCCCCCCCCC(C)CC)OC(=O)CCCCCCCCCCCCCCCCCCC(C)C. The highest BCUT2D eigenvalue weighted by atomic mass is 31.2. The minimum atomic E-state index is -4.97. The molecule has 0 aromatic heterocycles. The quantitative estimate of drug-likeness (QED) is 0.0222. The van der Waals surface area contributed by atoms with Crippen molar-refractivity contribution >= 4 is 39.5 Å². The third kappa shape index (κ3) is 80.5. The number of carbonyl (C=O) groups excluding carboxylic acids is 4. The summed E-state index contributed by atoms with van der Waals surface area (Å²) in [5, 5.41) is 10.7. The predicted octanol–water partition coefficient (Wildman–Crippen LogP) is 26.9. The van der Waals surface area contributed by atoms with Gasteiger partial charge in [0.15, 0.2) is 12.2 Å². The Balaban J connectivity index is 5.15. The molecule has 17 nitrogen and oxygen atoms in total. The van der Waals surface area contributed by atoms with E-state index in [-0.39, 0.29) is 25.7 Å². The van der Waals surface area contributed by atoms with Crippen LogP contribution < -0.4 is 0 Å². The average molecular weight is 1560 g/mol. The Morgan fingerprint density at radius 1 is 0.271 bits per heavy atom. The van der Waals surface area contributed by atoms with Gasteiger partial charge in [0.1, 0.15) is 19.3 Å². The summed E-state index contributed by atoms with van der Waals surface area (Å²) in [6.45, 7) is 12.1. The van der Waals surface area contributed by atoms with Gasteiger partial charge in [0, 0.05) is 25.7 Å². The number of phosphoric ester groups is 2. The fourth-order valence-electron chi connectivity index (χ4n) is 13.7. The maximum atomic E-state index is 13.1. The number of aliphatic hydroxyl groups excluding tert-OH is 1. The lowest BCUT2D eigenvalue weighted by Gasteiger charge is -2.21. The molecule has 0 rings (SSSR count). The molecule has 0 radical (unpaired) electrons. The summed E-state index contributed by atoms with van der Waals surface area (Å²) < 4.78 is 68.8. The second kappa shape index (κ2) is 78.0. The highest BCUT2D eigenvalue weighted by Crippen LogP contribution is 2.45. The summed E-state index contributed by atoms with van der Waals surface area (Å²) in [7, 11) is -9.93. The van der Waals surface area contributed by atoms with Gasteiger partial charge in [-0.05, 0) is 43.4 Å². The van der Waals surface area contributed by atoms with Gasteiger partial charge in [-0.2, -0.15) is 0 Å². The number of ether oxygens (including phenoxy) is 4. The maximum Gasteiger partial charge on any atom is 0.472 e. The highest BCUT2D eigenvalue weighted by molar-refractivity contribution is 7.47. The largest absolute Gasteiger partial charge is 0.472 e. The first kappa shape index (κ1) is 105. The summed E-state index contributed by atoms with van der Waals surface area (Å²) in [5.41, 5.74) is 0. The Hall–Kier alpha value is -1.94. The third-order valence-electron chi connectivity index (χ3n) is 21.0. The lowest BCUT2D eigenvalue weighted by Crippen LogP contribution is -2.30. The van der Waals surface area contributed by atoms with Gasteiger partial charge in [-0.15, -0.1) is 0 Å². The smallest absolute Gasteiger partial charge is 0.462 e. The zero-order valence-electron chi connectivity index (χ0n) is 70.6. The number of carbonyl (C=O) groups is 4. The van der Waals surface area contributed by atoms with Gasteiger partial charge in [0.05, 0.1) is 26.4 Å². The van der Waals surface area contributed by atoms with Crippen molar-refractivity contribution in [2.24, 2.45) is 17.8 Å². The van der Waals surface area contributed by atoms with Crippen molar-refractivity contribution in [3.63, 3.8) is 0 Å². The first-order valence-corrected chi connectivity index (χ1v) is 48.4. The van der Waals surface area contributed by atoms with Crippen LogP contribution in [0.1, 0.15) is 466 Å². The monoisotopic (exact) mass is 1560 g/mol. The van der Waals surface area contributed by atoms with Crippen molar-refractivity contribution in [2.45, 2.75) is 484 Å². The summed E-state index contributed by atoms with van der Waals surface area (Å²) in [5.74, 6) is 0.386. The van der Waals surface area contributed by atoms with Crippen LogP contribution >= 0.6 is 15.6 Å². The van der Waals surface area contributed by atoms with Crippen molar-refractivity contribution in [1.29, 1.82) is 0 Å². The van der Waals surface area contributed by atoms with E-state index in [1.807, 2.05) is 0 Å². The molecule has 19 heteroatoms. The van der Waals surface area contributed by atoms with E-state index in [1.165, 1.54) is 263 Å². The van der Waals surface area contributed by atoms with E-state index in [1.54, 1.807) is 0 Å². The average Bonchev–Trinajstić information content (AvgIpc) is 0.937. The van der Waals surface area contributed by atoms with E-state index < -0.39 is 97.5 Å². The number of hydrogen-bond donors (Lipinski definition) is 3. The molecule has 0 aliphatic rings. The summed E-state index contributed by atoms with van der Waals surface area (Å²) >= 11 is 0. The summed E-state index contributed by atoms with van der Waals surface area (Å²) in [4.78, 5) is 73.1. The van der Waals surface area contributed by atoms with E-state index in [0.717, 1.165) is 120 Å². The molecular formula is C88H172O17P2. The fraction of sp³-hybridized carbons (Fsp3) is 0.955. The molecule has 0 aromatic carbocycles. The van der Waals surface area contributed by atoms with Crippen LogP contribution in [0.15, 0.2) is 0 Å². The first-order valence-electron chi connectivity index (χ1n) is 45.4. The molecular weight excluding hydrogens is 1390 g/mol. The molecule has 0 fully saturated rings. The van der Waals surface area contributed by atoms with Crippen molar-refractivity contribution < 1.29 is 80.2 Å². The third-order valence-corrected chi connectivity index (χ3v) is 22.9. The molecule has 6 atom stereocenters. The molecule has 3 N–H and O–H groups in total. The molecule has 0 aromatic rings. The van der Waals surface area contributed by atoms with Gasteiger partial charge in [-0.3, -0.25) is 37.3 Å². The van der Waals surface area contributed by atoms with E-state index in [4.69, 9.17) is 37.0 Å². The second-order valence-corrected chi connectivity index (χ2v) is 35.7. The van der Waals surface area contributed by atoms with Crippen LogP contribution in [0.5, 0.6) is 0 Å². The topological polar surface area (TPSA) is 237 Å². The van der Waals surface area contributed by atoms with E-state index in [9.17, 15) is 43.2 Å². The van der Waals surface area contributed by atoms with E-state index >= 15 is 0 Å². The molecule has 0 spiro atoms. The normalized spacial score (nSPS) is 14.1. The molecule has 3 unspecified atom stereocenters. The van der Waals surface area contributed by atoms with Gasteiger partial charge in [0.25, 0.3) is 0 Å². The standard InChI is InChI=1S/C88H172O17P2/c1-8-10-11-12-45-55-62-69-85(90)98-75-83(104-87(92)71-64-58-51-44-38-32-26-20-18-22-28-34-40-47-53-60-67-80(5)6)77-102-106(94,95)100-73-82(89)74-101-107(96,97)103-78-84(76-99-86(91)70-63-56-49-42-36-30-24-19-17-21-27-33-39-46-52-59-66-79(3)4)105-88(93)72-65-57-50-43-37-31-25-16-14-13-15-23-29-35-41-48-54-61-68-81(7)9-2/h79-84,89H,8-78H2,1-7H3,(H,94,95)(H,96,97)/t81?,82-,83+,84+/m0/s1. The van der Waals surface area contributed by atoms with Gasteiger partial charge in [-0.1, -0.05) is 414 Å². The van der Waals surface area contributed by atoms with Crippen molar-refractivity contribution in [3.05, 3.63) is 0 Å². The second-order valence-electron chi connectivity index (χ2n) is 32.8. The van der Waals surface area contributed by atoms with Gasteiger partial charge >= 0.3 is 39.5 Å². The number of phosphoric acid groups is 2. The Morgan fingerprint density at radius 2 is 0.477 bits per heavy atom. The Bertz CT molecular complexity index is 2060.